The second-order valence-corrected chi connectivity index (χ2v) is 5.57. The molecule has 0 bridgehead atoms. The molecule has 0 saturated carbocycles. The van der Waals surface area contributed by atoms with Crippen LogP contribution in [0.5, 0.6) is 0 Å². The lowest BCUT2D eigenvalue weighted by molar-refractivity contribution is 0.522. The average molecular weight is 202 g/mol. The Morgan fingerprint density at radius 1 is 1.33 bits per heavy atom. The van der Waals surface area contributed by atoms with Crippen molar-refractivity contribution in [3.63, 3.8) is 0 Å². The fraction of sp³-hybridized carbons (Fsp3) is 0.600. The van der Waals surface area contributed by atoms with Gasteiger partial charge in [-0.3, -0.25) is 0 Å². The molecule has 0 N–H and O–H groups in total. The average Bonchev–Trinajstić information content (AvgIpc) is 2.54. The van der Waals surface area contributed by atoms with Crippen molar-refractivity contribution in [2.24, 2.45) is 0 Å². The van der Waals surface area contributed by atoms with Gasteiger partial charge in [0.1, 0.15) is 0 Å². The highest BCUT2D eigenvalue weighted by Gasteiger charge is 2.31. The fourth-order valence-corrected chi connectivity index (χ4v) is 2.77. The van der Waals surface area contributed by atoms with Gasteiger partial charge in [0.15, 0.2) is 0 Å². The zero-order valence-electron chi connectivity index (χ0n) is 10.4. The largest absolute Gasteiger partial charge is 0.0648 e. The van der Waals surface area contributed by atoms with Crippen LogP contribution < -0.4 is 0 Å². The van der Waals surface area contributed by atoms with E-state index in [1.54, 1.807) is 16.7 Å². The first-order chi connectivity index (χ1) is 7.06. The van der Waals surface area contributed by atoms with Crippen LogP contribution in [0.15, 0.2) is 18.2 Å². The topological polar surface area (TPSA) is 0 Å². The second-order valence-electron chi connectivity index (χ2n) is 5.57. The summed E-state index contributed by atoms with van der Waals surface area (Å²) in [7, 11) is 0. The van der Waals surface area contributed by atoms with Gasteiger partial charge in [-0.2, -0.15) is 0 Å². The van der Waals surface area contributed by atoms with Crippen LogP contribution in [0.4, 0.5) is 0 Å². The van der Waals surface area contributed by atoms with Crippen molar-refractivity contribution in [1.29, 1.82) is 0 Å². The molecule has 0 radical (unpaired) electrons. The molecule has 1 aromatic rings. The van der Waals surface area contributed by atoms with E-state index in [-0.39, 0.29) is 0 Å². The molecule has 1 atom stereocenters. The summed E-state index contributed by atoms with van der Waals surface area (Å²) in [6.07, 6.45) is 3.84. The van der Waals surface area contributed by atoms with Crippen molar-refractivity contribution < 1.29 is 0 Å². The third kappa shape index (κ3) is 1.71. The van der Waals surface area contributed by atoms with Crippen molar-refractivity contribution >= 4 is 0 Å². The van der Waals surface area contributed by atoms with E-state index in [1.165, 1.54) is 19.3 Å². The molecule has 0 amide bonds. The third-order valence-corrected chi connectivity index (χ3v) is 4.08. The third-order valence-electron chi connectivity index (χ3n) is 4.08. The maximum atomic E-state index is 2.37. The molecule has 0 fully saturated rings. The summed E-state index contributed by atoms with van der Waals surface area (Å²) in [6.45, 7) is 9.38. The molecule has 1 unspecified atom stereocenters. The Labute approximate surface area is 93.7 Å². The summed E-state index contributed by atoms with van der Waals surface area (Å²) < 4.78 is 0. The Bertz CT molecular complexity index is 360. The number of hydrogen-bond acceptors (Lipinski definition) is 0. The van der Waals surface area contributed by atoms with Crippen LogP contribution in [0.3, 0.4) is 0 Å². The van der Waals surface area contributed by atoms with Gasteiger partial charge in [0, 0.05) is 0 Å². The quantitative estimate of drug-likeness (QED) is 0.665. The van der Waals surface area contributed by atoms with Crippen molar-refractivity contribution in [3.05, 3.63) is 34.9 Å². The van der Waals surface area contributed by atoms with E-state index in [4.69, 9.17) is 0 Å². The van der Waals surface area contributed by atoms with Gasteiger partial charge in [-0.1, -0.05) is 45.9 Å². The molecule has 0 heterocycles. The zero-order chi connectivity index (χ0) is 11.1. The Hall–Kier alpha value is -0.780. The highest BCUT2D eigenvalue weighted by Crippen LogP contribution is 2.41. The first-order valence-corrected chi connectivity index (χ1v) is 6.18. The number of benzene rings is 1. The number of hydrogen-bond donors (Lipinski definition) is 0. The van der Waals surface area contributed by atoms with E-state index >= 15 is 0 Å². The smallest absolute Gasteiger partial charge is 0.00976 e. The van der Waals surface area contributed by atoms with Crippen LogP contribution in [0.1, 0.15) is 63.1 Å². The molecule has 0 heteroatoms. The molecule has 1 aliphatic rings. The Kier molecular flexibility index (Phi) is 2.62. The Morgan fingerprint density at radius 2 is 2.07 bits per heavy atom. The van der Waals surface area contributed by atoms with Crippen molar-refractivity contribution in [3.8, 4) is 0 Å². The summed E-state index contributed by atoms with van der Waals surface area (Å²) in [6, 6.07) is 6.90. The molecular formula is C15H22. The van der Waals surface area contributed by atoms with Gasteiger partial charge in [-0.15, -0.1) is 0 Å². The van der Waals surface area contributed by atoms with Crippen LogP contribution >= 0.6 is 0 Å². The molecule has 15 heavy (non-hydrogen) atoms. The summed E-state index contributed by atoms with van der Waals surface area (Å²) >= 11 is 0. The van der Waals surface area contributed by atoms with Crippen molar-refractivity contribution in [2.75, 3.05) is 0 Å². The molecule has 82 valence electrons. The Morgan fingerprint density at radius 3 is 2.73 bits per heavy atom. The molecule has 2 rings (SSSR count). The van der Waals surface area contributed by atoms with Gasteiger partial charge in [0.2, 0.25) is 0 Å². The molecule has 0 saturated heterocycles. The molecule has 1 aromatic carbocycles. The fourth-order valence-electron chi connectivity index (χ4n) is 2.77. The van der Waals surface area contributed by atoms with E-state index in [0.29, 0.717) is 11.3 Å². The highest BCUT2D eigenvalue weighted by molar-refractivity contribution is 5.44. The second kappa shape index (κ2) is 3.66. The molecular weight excluding hydrogens is 180 g/mol. The minimum atomic E-state index is 0.402. The Balaban J connectivity index is 2.49. The number of fused-ring (bicyclic) bond motifs is 1. The minimum Gasteiger partial charge on any atom is -0.0648 e. The van der Waals surface area contributed by atoms with Crippen LogP contribution in [-0.4, -0.2) is 0 Å². The zero-order valence-corrected chi connectivity index (χ0v) is 10.4. The monoisotopic (exact) mass is 202 g/mol. The predicted molar refractivity (Wildman–Crippen MR) is 66.5 cm³/mol. The minimum absolute atomic E-state index is 0.402. The van der Waals surface area contributed by atoms with Gasteiger partial charge in [0.05, 0.1) is 0 Å². The van der Waals surface area contributed by atoms with E-state index in [0.717, 1.165) is 0 Å². The van der Waals surface area contributed by atoms with E-state index in [9.17, 15) is 0 Å². The summed E-state index contributed by atoms with van der Waals surface area (Å²) in [5, 5.41) is 0. The van der Waals surface area contributed by atoms with Gasteiger partial charge in [-0.05, 0) is 47.3 Å². The van der Waals surface area contributed by atoms with Gasteiger partial charge in [-0.25, -0.2) is 0 Å². The maximum Gasteiger partial charge on any atom is -0.00976 e. The van der Waals surface area contributed by atoms with Gasteiger partial charge in [0.25, 0.3) is 0 Å². The maximum absolute atomic E-state index is 2.37. The van der Waals surface area contributed by atoms with Crippen LogP contribution in [-0.2, 0) is 11.8 Å². The van der Waals surface area contributed by atoms with Crippen LogP contribution in [0.2, 0.25) is 0 Å². The van der Waals surface area contributed by atoms with Crippen LogP contribution in [0, 0.1) is 0 Å². The predicted octanol–water partition coefficient (Wildman–Crippen LogP) is 4.42. The molecule has 0 aliphatic heterocycles. The standard InChI is InChI=1S/C15H22/c1-5-11(2)12-7-6-8-14-13(12)9-10-15(14,3)4/h6-8,11H,5,9-10H2,1-4H3. The molecule has 0 aromatic heterocycles. The molecule has 1 aliphatic carbocycles. The van der Waals surface area contributed by atoms with Crippen molar-refractivity contribution in [2.45, 2.75) is 58.3 Å². The summed E-state index contributed by atoms with van der Waals surface area (Å²) in [5.41, 5.74) is 5.25. The first kappa shape index (κ1) is 10.7. The van der Waals surface area contributed by atoms with E-state index in [2.05, 4.69) is 45.9 Å². The van der Waals surface area contributed by atoms with Gasteiger partial charge < -0.3 is 0 Å². The summed E-state index contributed by atoms with van der Waals surface area (Å²) in [4.78, 5) is 0. The molecule has 0 nitrogen and oxygen atoms in total. The first-order valence-electron chi connectivity index (χ1n) is 6.18. The lowest BCUT2D eigenvalue weighted by Crippen LogP contribution is -2.12. The number of rotatable bonds is 2. The summed E-state index contributed by atoms with van der Waals surface area (Å²) in [5.74, 6) is 0.717. The SMILES string of the molecule is CCC(C)c1cccc2c1CCC2(C)C. The highest BCUT2D eigenvalue weighted by atomic mass is 14.4. The lowest BCUT2D eigenvalue weighted by atomic mass is 9.84. The van der Waals surface area contributed by atoms with Crippen LogP contribution in [0.25, 0.3) is 0 Å². The lowest BCUT2D eigenvalue weighted by Gasteiger charge is -2.20. The normalized spacial score (nSPS) is 20.0. The van der Waals surface area contributed by atoms with Crippen molar-refractivity contribution in [1.82, 2.24) is 0 Å². The molecule has 0 spiro atoms. The van der Waals surface area contributed by atoms with Gasteiger partial charge >= 0.3 is 0 Å². The van der Waals surface area contributed by atoms with E-state index < -0.39 is 0 Å². The van der Waals surface area contributed by atoms with E-state index in [1.807, 2.05) is 0 Å².